The third kappa shape index (κ3) is 6.26. The Bertz CT molecular complexity index is 1070. The van der Waals surface area contributed by atoms with Crippen LogP contribution in [0.5, 0.6) is 5.75 Å². The van der Waals surface area contributed by atoms with Crippen LogP contribution in [0.15, 0.2) is 40.7 Å². The van der Waals surface area contributed by atoms with Gasteiger partial charge < -0.3 is 9.84 Å². The number of aliphatic carboxylic acids is 1. The average molecular weight is 522 g/mol. The minimum absolute atomic E-state index is 0.143. The molecular weight excluding hydrogens is 495 g/mol. The molecule has 34 heavy (non-hydrogen) atoms. The Morgan fingerprint density at radius 2 is 1.91 bits per heavy atom. The number of carboxylic acid groups (broad SMARTS) is 1. The summed E-state index contributed by atoms with van der Waals surface area (Å²) in [6.07, 6.45) is -1.39. The van der Waals surface area contributed by atoms with Gasteiger partial charge in [-0.05, 0) is 38.1 Å². The van der Waals surface area contributed by atoms with Crippen molar-refractivity contribution in [2.45, 2.75) is 37.4 Å². The standard InChI is InChI=1S/C19H25N3O3S2.C2HF3O2/c1-2-22-14-19(7-10-21(11-8-19)13-18-20-9-12-26-18)15-25-16-5-3-4-6-17(16)27(22,23)24;3-2(4,5)1(6)7/h3-6,9,12H,2,7-8,10-11,13-15H2,1H3;(H,6,7). The largest absolute Gasteiger partial charge is 0.492 e. The molecule has 0 radical (unpaired) electrons. The zero-order valence-corrected chi connectivity index (χ0v) is 20.1. The third-order valence-corrected chi connectivity index (χ3v) is 8.59. The number of fused-ring (bicyclic) bond motifs is 1. The van der Waals surface area contributed by atoms with Crippen molar-refractivity contribution in [2.24, 2.45) is 5.41 Å². The van der Waals surface area contributed by atoms with Crippen molar-refractivity contribution in [1.82, 2.24) is 14.2 Å². The second-order valence-electron chi connectivity index (χ2n) is 8.17. The maximum Gasteiger partial charge on any atom is 0.490 e. The number of hydrogen-bond donors (Lipinski definition) is 1. The molecule has 1 N–H and O–H groups in total. The summed E-state index contributed by atoms with van der Waals surface area (Å²) in [6, 6.07) is 6.98. The third-order valence-electron chi connectivity index (χ3n) is 5.87. The number of nitrogens with zero attached hydrogens (tertiary/aromatic N) is 3. The number of para-hydroxylation sites is 1. The number of piperidine rings is 1. The monoisotopic (exact) mass is 521 g/mol. The topological polar surface area (TPSA) is 100 Å². The first-order valence-electron chi connectivity index (χ1n) is 10.6. The normalized spacial score (nSPS) is 20.2. The van der Waals surface area contributed by atoms with E-state index in [1.165, 1.54) is 0 Å². The van der Waals surface area contributed by atoms with Crippen molar-refractivity contribution in [2.75, 3.05) is 32.8 Å². The Hall–Kier alpha value is -2.22. The average Bonchev–Trinajstić information content (AvgIpc) is 3.30. The molecule has 0 atom stereocenters. The predicted octanol–water partition coefficient (Wildman–Crippen LogP) is 3.46. The van der Waals surface area contributed by atoms with Gasteiger partial charge in [-0.3, -0.25) is 4.90 Å². The molecule has 2 aliphatic heterocycles. The summed E-state index contributed by atoms with van der Waals surface area (Å²) in [5.41, 5.74) is -0.143. The molecule has 188 valence electrons. The Balaban J connectivity index is 0.000000406. The van der Waals surface area contributed by atoms with E-state index in [0.29, 0.717) is 25.4 Å². The van der Waals surface area contributed by atoms with Crippen molar-refractivity contribution >= 4 is 27.3 Å². The lowest BCUT2D eigenvalue weighted by molar-refractivity contribution is -0.192. The van der Waals surface area contributed by atoms with Gasteiger partial charge in [0.2, 0.25) is 10.0 Å². The van der Waals surface area contributed by atoms with Gasteiger partial charge in [0.05, 0.1) is 13.2 Å². The van der Waals surface area contributed by atoms with Crippen molar-refractivity contribution in [3.63, 3.8) is 0 Å². The predicted molar refractivity (Wildman–Crippen MR) is 119 cm³/mol. The first-order chi connectivity index (χ1) is 16.0. The van der Waals surface area contributed by atoms with E-state index in [9.17, 15) is 21.6 Å². The molecule has 0 aliphatic carbocycles. The highest BCUT2D eigenvalue weighted by Crippen LogP contribution is 2.39. The summed E-state index contributed by atoms with van der Waals surface area (Å²) < 4.78 is 65.7. The Kier molecular flexibility index (Phi) is 8.22. The zero-order valence-electron chi connectivity index (χ0n) is 18.5. The molecule has 13 heteroatoms. The van der Waals surface area contributed by atoms with Gasteiger partial charge in [-0.15, -0.1) is 11.3 Å². The molecule has 0 amide bonds. The Morgan fingerprint density at radius 3 is 2.47 bits per heavy atom. The SMILES string of the molecule is CCN1CC2(CCN(Cc3nccs3)CC2)COc2ccccc2S1(=O)=O.O=C(O)C(F)(F)F. The molecule has 1 spiro atoms. The summed E-state index contributed by atoms with van der Waals surface area (Å²) in [7, 11) is -3.54. The lowest BCUT2D eigenvalue weighted by atomic mass is 9.79. The van der Waals surface area contributed by atoms with Gasteiger partial charge in [0, 0.05) is 30.1 Å². The lowest BCUT2D eigenvalue weighted by Crippen LogP contribution is -2.51. The van der Waals surface area contributed by atoms with Crippen LogP contribution in [0.25, 0.3) is 0 Å². The summed E-state index contributed by atoms with van der Waals surface area (Å²) >= 11 is 1.68. The van der Waals surface area contributed by atoms with Crippen LogP contribution in [0.2, 0.25) is 0 Å². The van der Waals surface area contributed by atoms with E-state index in [0.717, 1.165) is 37.5 Å². The van der Waals surface area contributed by atoms with Crippen LogP contribution in [-0.2, 0) is 21.4 Å². The number of carboxylic acids is 1. The molecular formula is C21H26F3N3O5S2. The zero-order chi connectivity index (χ0) is 25.0. The van der Waals surface area contributed by atoms with Gasteiger partial charge >= 0.3 is 12.1 Å². The fourth-order valence-electron chi connectivity index (χ4n) is 3.95. The highest BCUT2D eigenvalue weighted by atomic mass is 32.2. The number of aromatic nitrogens is 1. The molecule has 0 bridgehead atoms. The van der Waals surface area contributed by atoms with Crippen LogP contribution >= 0.6 is 11.3 Å². The minimum atomic E-state index is -5.08. The van der Waals surface area contributed by atoms with Gasteiger partial charge in [-0.25, -0.2) is 18.2 Å². The van der Waals surface area contributed by atoms with E-state index < -0.39 is 22.2 Å². The van der Waals surface area contributed by atoms with E-state index in [1.807, 2.05) is 24.6 Å². The molecule has 8 nitrogen and oxygen atoms in total. The van der Waals surface area contributed by atoms with Gasteiger partial charge in [-0.2, -0.15) is 17.5 Å². The molecule has 0 saturated carbocycles. The second-order valence-corrected chi connectivity index (χ2v) is 11.1. The van der Waals surface area contributed by atoms with E-state index in [4.69, 9.17) is 14.6 Å². The number of hydrogen-bond acceptors (Lipinski definition) is 7. The van der Waals surface area contributed by atoms with E-state index >= 15 is 0 Å². The van der Waals surface area contributed by atoms with Gasteiger partial charge in [0.25, 0.3) is 0 Å². The minimum Gasteiger partial charge on any atom is -0.492 e. The fraction of sp³-hybridized carbons (Fsp3) is 0.524. The number of thiazole rings is 1. The smallest absolute Gasteiger partial charge is 0.490 e. The van der Waals surface area contributed by atoms with Gasteiger partial charge in [0.1, 0.15) is 15.7 Å². The first-order valence-corrected chi connectivity index (χ1v) is 12.9. The van der Waals surface area contributed by atoms with E-state index in [-0.39, 0.29) is 10.3 Å². The Labute approximate surface area is 200 Å². The van der Waals surface area contributed by atoms with Crippen LogP contribution in [0.4, 0.5) is 13.2 Å². The van der Waals surface area contributed by atoms with Crippen molar-refractivity contribution < 1.29 is 36.2 Å². The molecule has 4 rings (SSSR count). The van der Waals surface area contributed by atoms with E-state index in [1.54, 1.807) is 33.8 Å². The number of halogens is 3. The number of likely N-dealkylation sites (tertiary alicyclic amines) is 1. The number of ether oxygens (including phenoxy) is 1. The number of alkyl halides is 3. The highest BCUT2D eigenvalue weighted by molar-refractivity contribution is 7.89. The molecule has 2 aliphatic rings. The molecule has 1 fully saturated rings. The number of benzene rings is 1. The van der Waals surface area contributed by atoms with Crippen molar-refractivity contribution in [3.8, 4) is 5.75 Å². The maximum absolute atomic E-state index is 13.1. The van der Waals surface area contributed by atoms with Crippen molar-refractivity contribution in [1.29, 1.82) is 0 Å². The molecule has 1 aromatic carbocycles. The van der Waals surface area contributed by atoms with Crippen LogP contribution in [0.3, 0.4) is 0 Å². The molecule has 1 saturated heterocycles. The number of sulfonamides is 1. The van der Waals surface area contributed by atoms with E-state index in [2.05, 4.69) is 9.88 Å². The van der Waals surface area contributed by atoms with Gasteiger partial charge in [0.15, 0.2) is 0 Å². The van der Waals surface area contributed by atoms with Crippen LogP contribution < -0.4 is 4.74 Å². The van der Waals surface area contributed by atoms with Crippen molar-refractivity contribution in [3.05, 3.63) is 40.8 Å². The number of rotatable bonds is 3. The Morgan fingerprint density at radius 1 is 1.26 bits per heavy atom. The summed E-state index contributed by atoms with van der Waals surface area (Å²) in [6.45, 7) is 6.19. The summed E-state index contributed by atoms with van der Waals surface area (Å²) in [4.78, 5) is 16.0. The molecule has 3 heterocycles. The summed E-state index contributed by atoms with van der Waals surface area (Å²) in [5.74, 6) is -2.28. The molecule has 1 aromatic heterocycles. The quantitative estimate of drug-likeness (QED) is 0.660. The molecule has 2 aromatic rings. The van der Waals surface area contributed by atoms with Crippen LogP contribution in [0, 0.1) is 5.41 Å². The summed E-state index contributed by atoms with van der Waals surface area (Å²) in [5, 5.41) is 10.3. The van der Waals surface area contributed by atoms with Crippen LogP contribution in [-0.4, -0.2) is 72.6 Å². The lowest BCUT2D eigenvalue weighted by Gasteiger charge is -2.44. The van der Waals surface area contributed by atoms with Crippen LogP contribution in [0.1, 0.15) is 24.8 Å². The fourth-order valence-corrected chi connectivity index (χ4v) is 6.30. The first kappa shape index (κ1) is 26.4. The molecule has 0 unspecified atom stereocenters. The second kappa shape index (κ2) is 10.6. The number of carbonyl (C=O) groups is 1. The van der Waals surface area contributed by atoms with Gasteiger partial charge in [-0.1, -0.05) is 19.1 Å². The maximum atomic E-state index is 13.1. The highest BCUT2D eigenvalue weighted by Gasteiger charge is 2.42.